The number of fused-ring (bicyclic) bond motifs is 1. The zero-order valence-electron chi connectivity index (χ0n) is 13.6. The Bertz CT molecular complexity index is 770. The van der Waals surface area contributed by atoms with Crippen molar-refractivity contribution in [3.63, 3.8) is 0 Å². The summed E-state index contributed by atoms with van der Waals surface area (Å²) in [5.74, 6) is 0.866. The molecule has 1 amide bonds. The molecule has 1 N–H and O–H groups in total. The molecular weight excluding hydrogens is 322 g/mol. The first-order valence-electron chi connectivity index (χ1n) is 8.09. The van der Waals surface area contributed by atoms with Gasteiger partial charge in [0.15, 0.2) is 0 Å². The Hall–Kier alpha value is -2.26. The lowest BCUT2D eigenvalue weighted by Crippen LogP contribution is -2.32. The van der Waals surface area contributed by atoms with E-state index in [0.29, 0.717) is 5.02 Å². The lowest BCUT2D eigenvalue weighted by Gasteiger charge is -2.13. The van der Waals surface area contributed by atoms with Crippen LogP contribution in [0.5, 0.6) is 5.75 Å². The number of ether oxygens (including phenoxy) is 1. The third-order valence-corrected chi connectivity index (χ3v) is 4.35. The van der Waals surface area contributed by atoms with Gasteiger partial charge in [0.05, 0.1) is 6.61 Å². The largest absolute Gasteiger partial charge is 0.493 e. The van der Waals surface area contributed by atoms with E-state index in [-0.39, 0.29) is 11.9 Å². The first-order chi connectivity index (χ1) is 11.6. The molecule has 0 unspecified atom stereocenters. The number of amides is 1. The number of carbonyl (C=O) groups is 1. The molecule has 0 bridgehead atoms. The molecular formula is C20H20ClNO2. The summed E-state index contributed by atoms with van der Waals surface area (Å²) in [5.41, 5.74) is 3.30. The van der Waals surface area contributed by atoms with Gasteiger partial charge in [0, 0.05) is 23.6 Å². The van der Waals surface area contributed by atoms with E-state index in [1.807, 2.05) is 31.2 Å². The summed E-state index contributed by atoms with van der Waals surface area (Å²) in [6.07, 6.45) is 5.01. The van der Waals surface area contributed by atoms with Gasteiger partial charge in [-0.25, -0.2) is 0 Å². The van der Waals surface area contributed by atoms with E-state index in [9.17, 15) is 4.79 Å². The monoisotopic (exact) mass is 341 g/mol. The van der Waals surface area contributed by atoms with Gasteiger partial charge in [0.2, 0.25) is 5.91 Å². The Labute approximate surface area is 147 Å². The Kier molecular flexibility index (Phi) is 5.21. The zero-order valence-corrected chi connectivity index (χ0v) is 14.3. The average Bonchev–Trinajstić information content (AvgIpc) is 3.01. The van der Waals surface area contributed by atoms with Crippen LogP contribution in [0.1, 0.15) is 23.6 Å². The summed E-state index contributed by atoms with van der Waals surface area (Å²) in [5, 5.41) is 3.62. The zero-order chi connectivity index (χ0) is 16.9. The van der Waals surface area contributed by atoms with Crippen LogP contribution in [0.15, 0.2) is 48.5 Å². The van der Waals surface area contributed by atoms with Crippen LogP contribution in [0.3, 0.4) is 0 Å². The lowest BCUT2D eigenvalue weighted by molar-refractivity contribution is -0.117. The fraction of sp³-hybridized carbons (Fsp3) is 0.250. The van der Waals surface area contributed by atoms with E-state index >= 15 is 0 Å². The molecule has 1 heterocycles. The van der Waals surface area contributed by atoms with E-state index in [0.717, 1.165) is 30.8 Å². The average molecular weight is 342 g/mol. The molecule has 1 aliphatic heterocycles. The number of nitrogens with one attached hydrogen (secondary N) is 1. The minimum atomic E-state index is -0.119. The Balaban J connectivity index is 1.55. The van der Waals surface area contributed by atoms with Crippen LogP contribution in [0.2, 0.25) is 5.02 Å². The fourth-order valence-electron chi connectivity index (χ4n) is 2.84. The van der Waals surface area contributed by atoms with Crippen molar-refractivity contribution in [2.75, 3.05) is 6.61 Å². The molecule has 0 saturated heterocycles. The summed E-state index contributed by atoms with van der Waals surface area (Å²) in [4.78, 5) is 12.1. The molecule has 0 radical (unpaired) electrons. The Morgan fingerprint density at radius 2 is 2.17 bits per heavy atom. The third-order valence-electron chi connectivity index (χ3n) is 4.00. The minimum Gasteiger partial charge on any atom is -0.493 e. The second kappa shape index (κ2) is 7.54. The van der Waals surface area contributed by atoms with Gasteiger partial charge in [-0.15, -0.1) is 0 Å². The van der Waals surface area contributed by atoms with E-state index in [1.165, 1.54) is 17.2 Å². The second-order valence-corrected chi connectivity index (χ2v) is 6.42. The predicted octanol–water partition coefficient (Wildman–Crippen LogP) is 4.04. The molecule has 0 spiro atoms. The second-order valence-electron chi connectivity index (χ2n) is 6.01. The molecule has 2 aromatic rings. The normalized spacial score (nSPS) is 14.2. The van der Waals surface area contributed by atoms with Gasteiger partial charge in [0.25, 0.3) is 0 Å². The minimum absolute atomic E-state index is 0.0498. The lowest BCUT2D eigenvalue weighted by atomic mass is 10.0. The van der Waals surface area contributed by atoms with Crippen LogP contribution in [0, 0.1) is 0 Å². The van der Waals surface area contributed by atoms with Gasteiger partial charge in [-0.3, -0.25) is 4.79 Å². The van der Waals surface area contributed by atoms with Crippen molar-refractivity contribution >= 4 is 23.6 Å². The van der Waals surface area contributed by atoms with Crippen LogP contribution in [0.4, 0.5) is 0 Å². The van der Waals surface area contributed by atoms with Crippen molar-refractivity contribution in [1.82, 2.24) is 5.32 Å². The third kappa shape index (κ3) is 4.18. The first kappa shape index (κ1) is 16.6. The van der Waals surface area contributed by atoms with Crippen molar-refractivity contribution in [2.24, 2.45) is 0 Å². The summed E-state index contributed by atoms with van der Waals surface area (Å²) in [6.45, 7) is 2.77. The SMILES string of the molecule is C[C@H](Cc1ccc2c(c1)CCO2)NC(=O)/C=C/c1ccccc1Cl. The summed E-state index contributed by atoms with van der Waals surface area (Å²) < 4.78 is 5.52. The number of halogens is 1. The fourth-order valence-corrected chi connectivity index (χ4v) is 3.04. The molecule has 3 rings (SSSR count). The van der Waals surface area contributed by atoms with Gasteiger partial charge in [0.1, 0.15) is 5.75 Å². The maximum atomic E-state index is 12.1. The summed E-state index contributed by atoms with van der Waals surface area (Å²) in [6, 6.07) is 13.7. The molecule has 3 nitrogen and oxygen atoms in total. The van der Waals surface area contributed by atoms with Crippen LogP contribution in [-0.4, -0.2) is 18.6 Å². The number of rotatable bonds is 5. The molecule has 0 aliphatic carbocycles. The van der Waals surface area contributed by atoms with Crippen molar-refractivity contribution in [2.45, 2.75) is 25.8 Å². The summed E-state index contributed by atoms with van der Waals surface area (Å²) >= 11 is 6.07. The number of benzene rings is 2. The van der Waals surface area contributed by atoms with Crippen molar-refractivity contribution in [3.05, 3.63) is 70.3 Å². The molecule has 124 valence electrons. The Morgan fingerprint density at radius 3 is 3.00 bits per heavy atom. The van der Waals surface area contributed by atoms with Crippen molar-refractivity contribution in [1.29, 1.82) is 0 Å². The van der Waals surface area contributed by atoms with Gasteiger partial charge in [-0.2, -0.15) is 0 Å². The van der Waals surface area contributed by atoms with Gasteiger partial charge < -0.3 is 10.1 Å². The topological polar surface area (TPSA) is 38.3 Å². The highest BCUT2D eigenvalue weighted by Gasteiger charge is 2.13. The highest BCUT2D eigenvalue weighted by Crippen LogP contribution is 2.26. The van der Waals surface area contributed by atoms with Gasteiger partial charge in [-0.05, 0) is 48.2 Å². The maximum absolute atomic E-state index is 12.1. The van der Waals surface area contributed by atoms with Gasteiger partial charge in [-0.1, -0.05) is 41.9 Å². The first-order valence-corrected chi connectivity index (χ1v) is 8.47. The molecule has 4 heteroatoms. The molecule has 2 aromatic carbocycles. The number of hydrogen-bond donors (Lipinski definition) is 1. The van der Waals surface area contributed by atoms with Crippen LogP contribution in [-0.2, 0) is 17.6 Å². The van der Waals surface area contributed by atoms with E-state index in [2.05, 4.69) is 17.4 Å². The van der Waals surface area contributed by atoms with Crippen LogP contribution in [0.25, 0.3) is 6.08 Å². The number of carbonyl (C=O) groups excluding carboxylic acids is 1. The molecule has 0 fully saturated rings. The quantitative estimate of drug-likeness (QED) is 0.834. The molecule has 24 heavy (non-hydrogen) atoms. The van der Waals surface area contributed by atoms with Crippen LogP contribution >= 0.6 is 11.6 Å². The highest BCUT2D eigenvalue weighted by molar-refractivity contribution is 6.32. The van der Waals surface area contributed by atoms with Crippen LogP contribution < -0.4 is 10.1 Å². The molecule has 0 saturated carbocycles. The summed E-state index contributed by atoms with van der Waals surface area (Å²) in [7, 11) is 0. The molecule has 0 aromatic heterocycles. The highest BCUT2D eigenvalue weighted by atomic mass is 35.5. The molecule has 1 atom stereocenters. The standard InChI is InChI=1S/C20H20ClNO2/c1-14(12-15-6-8-19-17(13-15)10-11-24-19)22-20(23)9-7-16-4-2-3-5-18(16)21/h2-9,13-14H,10-12H2,1H3,(H,22,23)/b9-7+/t14-/m1/s1. The predicted molar refractivity (Wildman–Crippen MR) is 97.4 cm³/mol. The Morgan fingerprint density at radius 1 is 1.33 bits per heavy atom. The van der Waals surface area contributed by atoms with E-state index in [4.69, 9.17) is 16.3 Å². The maximum Gasteiger partial charge on any atom is 0.244 e. The number of hydrogen-bond acceptors (Lipinski definition) is 2. The van der Waals surface area contributed by atoms with Gasteiger partial charge >= 0.3 is 0 Å². The molecule has 1 aliphatic rings. The van der Waals surface area contributed by atoms with Crippen molar-refractivity contribution < 1.29 is 9.53 Å². The van der Waals surface area contributed by atoms with E-state index < -0.39 is 0 Å². The van der Waals surface area contributed by atoms with Crippen molar-refractivity contribution in [3.8, 4) is 5.75 Å². The van der Waals surface area contributed by atoms with E-state index in [1.54, 1.807) is 12.1 Å². The smallest absolute Gasteiger partial charge is 0.244 e.